The number of imidazole rings is 1. The number of aliphatic hydroxyl groups is 2. The topological polar surface area (TPSA) is 146 Å². The van der Waals surface area contributed by atoms with Crippen molar-refractivity contribution in [1.29, 1.82) is 0 Å². The molecule has 1 aliphatic heterocycles. The standard InChI is InChI=1S/C13H16ClN5O5/c1-2-6(20)23-3-5-8(21)9(22)12(24-5)19-4-16-7-10(15)17-13(14)18-11(7)19/h4-5,8-9,12,21-22H,2-3H2,1H3,(H2,15,17,18)/t5-,8-,9-,12-/m1/s1. The fourth-order valence-corrected chi connectivity index (χ4v) is 2.64. The molecule has 2 aromatic heterocycles. The van der Waals surface area contributed by atoms with Crippen LogP contribution in [0.1, 0.15) is 19.6 Å². The second-order valence-corrected chi connectivity index (χ2v) is 5.62. The number of rotatable bonds is 4. The number of fused-ring (bicyclic) bond motifs is 1. The number of nitrogen functional groups attached to an aromatic ring is 1. The number of anilines is 1. The molecule has 1 saturated heterocycles. The largest absolute Gasteiger partial charge is 0.463 e. The van der Waals surface area contributed by atoms with E-state index in [1.165, 1.54) is 10.9 Å². The predicted octanol–water partition coefficient (Wildman–Crippen LogP) is -0.366. The molecule has 1 fully saturated rings. The zero-order valence-corrected chi connectivity index (χ0v) is 13.4. The van der Waals surface area contributed by atoms with E-state index < -0.39 is 30.5 Å². The maximum absolute atomic E-state index is 11.2. The van der Waals surface area contributed by atoms with E-state index in [0.29, 0.717) is 5.52 Å². The molecular weight excluding hydrogens is 342 g/mol. The quantitative estimate of drug-likeness (QED) is 0.492. The van der Waals surface area contributed by atoms with Gasteiger partial charge in [0.15, 0.2) is 17.7 Å². The van der Waals surface area contributed by atoms with E-state index in [9.17, 15) is 15.0 Å². The van der Waals surface area contributed by atoms with Crippen LogP contribution in [0.3, 0.4) is 0 Å². The van der Waals surface area contributed by atoms with E-state index >= 15 is 0 Å². The Hall–Kier alpha value is -2.01. The van der Waals surface area contributed by atoms with Crippen molar-refractivity contribution in [2.75, 3.05) is 12.3 Å². The average Bonchev–Trinajstić information content (AvgIpc) is 3.08. The first kappa shape index (κ1) is 16.8. The van der Waals surface area contributed by atoms with Crippen molar-refractivity contribution in [1.82, 2.24) is 19.5 Å². The molecular formula is C13H16ClN5O5. The minimum atomic E-state index is -1.28. The number of nitrogens with two attached hydrogens (primary N) is 1. The van der Waals surface area contributed by atoms with Crippen LogP contribution in [0.15, 0.2) is 6.33 Å². The van der Waals surface area contributed by atoms with Crippen LogP contribution in [0.25, 0.3) is 11.2 Å². The molecule has 2 aromatic rings. The van der Waals surface area contributed by atoms with Crippen LogP contribution in [0.2, 0.25) is 5.28 Å². The fourth-order valence-electron chi connectivity index (χ4n) is 2.47. The lowest BCUT2D eigenvalue weighted by molar-refractivity contribution is -0.149. The van der Waals surface area contributed by atoms with Crippen LogP contribution in [-0.2, 0) is 14.3 Å². The third-order valence-electron chi connectivity index (χ3n) is 3.73. The maximum atomic E-state index is 11.2. The number of aliphatic hydroxyl groups excluding tert-OH is 2. The third kappa shape index (κ3) is 2.88. The Balaban J connectivity index is 1.86. The summed E-state index contributed by atoms with van der Waals surface area (Å²) < 4.78 is 12.0. The van der Waals surface area contributed by atoms with E-state index in [0.717, 1.165) is 0 Å². The second kappa shape index (κ2) is 6.48. The van der Waals surface area contributed by atoms with E-state index in [4.69, 9.17) is 26.8 Å². The van der Waals surface area contributed by atoms with Crippen LogP contribution >= 0.6 is 11.6 Å². The highest BCUT2D eigenvalue weighted by atomic mass is 35.5. The van der Waals surface area contributed by atoms with Crippen LogP contribution in [-0.4, -0.2) is 60.6 Å². The first-order valence-corrected chi connectivity index (χ1v) is 7.63. The van der Waals surface area contributed by atoms with Gasteiger partial charge in [-0.3, -0.25) is 9.36 Å². The molecule has 0 aliphatic carbocycles. The Morgan fingerprint density at radius 1 is 1.46 bits per heavy atom. The van der Waals surface area contributed by atoms with E-state index in [-0.39, 0.29) is 29.8 Å². The van der Waals surface area contributed by atoms with Crippen molar-refractivity contribution in [3.05, 3.63) is 11.6 Å². The number of nitrogens with zero attached hydrogens (tertiary/aromatic N) is 4. The van der Waals surface area contributed by atoms with Crippen molar-refractivity contribution < 1.29 is 24.5 Å². The molecule has 3 rings (SSSR count). The first-order valence-electron chi connectivity index (χ1n) is 7.25. The van der Waals surface area contributed by atoms with Crippen LogP contribution in [0.4, 0.5) is 5.82 Å². The molecule has 130 valence electrons. The van der Waals surface area contributed by atoms with E-state index in [1.54, 1.807) is 6.92 Å². The molecule has 0 amide bonds. The van der Waals surface area contributed by atoms with Crippen molar-refractivity contribution in [2.24, 2.45) is 0 Å². The molecule has 3 heterocycles. The monoisotopic (exact) mass is 357 g/mol. The lowest BCUT2D eigenvalue weighted by Crippen LogP contribution is -2.34. The zero-order valence-electron chi connectivity index (χ0n) is 12.7. The predicted molar refractivity (Wildman–Crippen MR) is 81.9 cm³/mol. The Bertz CT molecular complexity index is 769. The number of hydrogen-bond acceptors (Lipinski definition) is 9. The number of carbonyl (C=O) groups is 1. The lowest BCUT2D eigenvalue weighted by Gasteiger charge is -2.16. The molecule has 1 aliphatic rings. The minimum Gasteiger partial charge on any atom is -0.463 e. The molecule has 4 atom stereocenters. The summed E-state index contributed by atoms with van der Waals surface area (Å²) in [7, 11) is 0. The molecule has 24 heavy (non-hydrogen) atoms. The third-order valence-corrected chi connectivity index (χ3v) is 3.90. The Kier molecular flexibility index (Phi) is 4.54. The summed E-state index contributed by atoms with van der Waals surface area (Å²) in [6.07, 6.45) is -2.83. The van der Waals surface area contributed by atoms with Crippen molar-refractivity contribution in [3.63, 3.8) is 0 Å². The SMILES string of the molecule is CCC(=O)OC[C@H]1O[C@@H](n2cnc3c(N)nc(Cl)nc32)[C@H](O)[C@@H]1O. The van der Waals surface area contributed by atoms with Gasteiger partial charge in [-0.1, -0.05) is 6.92 Å². The summed E-state index contributed by atoms with van der Waals surface area (Å²) in [5.74, 6) is -0.339. The fraction of sp³-hybridized carbons (Fsp3) is 0.538. The van der Waals surface area contributed by atoms with Gasteiger partial charge in [-0.25, -0.2) is 4.98 Å². The molecule has 0 bridgehead atoms. The Morgan fingerprint density at radius 3 is 2.92 bits per heavy atom. The summed E-state index contributed by atoms with van der Waals surface area (Å²) in [4.78, 5) is 23.1. The smallest absolute Gasteiger partial charge is 0.305 e. The summed E-state index contributed by atoms with van der Waals surface area (Å²) in [6.45, 7) is 1.48. The second-order valence-electron chi connectivity index (χ2n) is 5.28. The van der Waals surface area contributed by atoms with Gasteiger partial charge in [0, 0.05) is 6.42 Å². The minimum absolute atomic E-state index is 0.0804. The van der Waals surface area contributed by atoms with E-state index in [1.807, 2.05) is 0 Å². The number of ether oxygens (including phenoxy) is 2. The van der Waals surface area contributed by atoms with Crippen LogP contribution in [0, 0.1) is 0 Å². The van der Waals surface area contributed by atoms with E-state index in [2.05, 4.69) is 15.0 Å². The molecule has 0 spiro atoms. The molecule has 0 saturated carbocycles. The van der Waals surface area contributed by atoms with Gasteiger partial charge in [0.05, 0.1) is 6.33 Å². The Morgan fingerprint density at radius 2 is 2.21 bits per heavy atom. The highest BCUT2D eigenvalue weighted by Gasteiger charge is 2.44. The van der Waals surface area contributed by atoms with Crippen LogP contribution in [0.5, 0.6) is 0 Å². The summed E-state index contributed by atoms with van der Waals surface area (Å²) in [5, 5.41) is 20.3. The molecule has 10 nitrogen and oxygen atoms in total. The van der Waals surface area contributed by atoms with Crippen molar-refractivity contribution in [3.8, 4) is 0 Å². The van der Waals surface area contributed by atoms with Gasteiger partial charge >= 0.3 is 5.97 Å². The first-order chi connectivity index (χ1) is 11.4. The van der Waals surface area contributed by atoms with Gasteiger partial charge in [0.2, 0.25) is 5.28 Å². The number of hydrogen-bond donors (Lipinski definition) is 3. The number of halogens is 1. The lowest BCUT2D eigenvalue weighted by atomic mass is 10.1. The van der Waals surface area contributed by atoms with Gasteiger partial charge in [-0.2, -0.15) is 9.97 Å². The summed E-state index contributed by atoms with van der Waals surface area (Å²) >= 11 is 5.80. The zero-order chi connectivity index (χ0) is 17.4. The number of aromatic nitrogens is 4. The van der Waals surface area contributed by atoms with Gasteiger partial charge in [0.25, 0.3) is 0 Å². The van der Waals surface area contributed by atoms with Crippen LogP contribution < -0.4 is 5.73 Å². The highest BCUT2D eigenvalue weighted by molar-refractivity contribution is 6.28. The highest BCUT2D eigenvalue weighted by Crippen LogP contribution is 2.32. The molecule has 0 radical (unpaired) electrons. The van der Waals surface area contributed by atoms with Gasteiger partial charge in [-0.05, 0) is 11.6 Å². The normalized spacial score (nSPS) is 26.8. The Labute approximate surface area is 141 Å². The molecule has 4 N–H and O–H groups in total. The summed E-state index contributed by atoms with van der Waals surface area (Å²) in [5.41, 5.74) is 6.29. The molecule has 11 heteroatoms. The van der Waals surface area contributed by atoms with Gasteiger partial charge < -0.3 is 25.4 Å². The number of carbonyl (C=O) groups excluding carboxylic acids is 1. The van der Waals surface area contributed by atoms with Crippen molar-refractivity contribution >= 4 is 34.6 Å². The van der Waals surface area contributed by atoms with Gasteiger partial charge in [-0.15, -0.1) is 0 Å². The number of esters is 1. The average molecular weight is 358 g/mol. The van der Waals surface area contributed by atoms with Gasteiger partial charge in [0.1, 0.15) is 30.4 Å². The summed E-state index contributed by atoms with van der Waals surface area (Å²) in [6, 6.07) is 0. The molecule has 0 unspecified atom stereocenters. The molecule has 0 aromatic carbocycles. The van der Waals surface area contributed by atoms with Crippen molar-refractivity contribution in [2.45, 2.75) is 37.9 Å². The maximum Gasteiger partial charge on any atom is 0.305 e.